The zero-order valence-electron chi connectivity index (χ0n) is 10.7. The largest absolute Gasteiger partial charge is 0.461 e. The molecule has 0 atom stereocenters. The number of nitrogen functional groups attached to an aromatic ring is 1. The maximum Gasteiger partial charge on any atom is 0.322 e. The Balaban J connectivity index is 2.26. The van der Waals surface area contributed by atoms with Gasteiger partial charge in [0.15, 0.2) is 5.16 Å². The second-order valence-corrected chi connectivity index (χ2v) is 4.80. The molecule has 0 aliphatic carbocycles. The molecule has 9 nitrogen and oxygen atoms in total. The predicted octanol–water partition coefficient (Wildman–Crippen LogP) is 0.224. The van der Waals surface area contributed by atoms with E-state index in [1.165, 1.54) is 11.8 Å². The highest BCUT2D eigenvalue weighted by molar-refractivity contribution is 7.99. The van der Waals surface area contributed by atoms with Gasteiger partial charge in [0.1, 0.15) is 6.33 Å². The van der Waals surface area contributed by atoms with Gasteiger partial charge in [0, 0.05) is 7.05 Å². The Kier molecular flexibility index (Phi) is 4.12. The second-order valence-electron chi connectivity index (χ2n) is 3.86. The third-order valence-corrected chi connectivity index (χ3v) is 2.83. The number of nitrogens with zero attached hydrogens (tertiary/aromatic N) is 6. The topological polar surface area (TPSA) is 117 Å². The highest BCUT2D eigenvalue weighted by Gasteiger charge is 2.12. The molecule has 0 aliphatic heterocycles. The summed E-state index contributed by atoms with van der Waals surface area (Å²) < 4.78 is 7.19. The zero-order valence-corrected chi connectivity index (χ0v) is 11.5. The first-order chi connectivity index (χ1) is 9.08. The number of rotatable bonds is 5. The third kappa shape index (κ3) is 3.51. The summed E-state index contributed by atoms with van der Waals surface area (Å²) in [6, 6.07) is 0.211. The second kappa shape index (κ2) is 5.80. The van der Waals surface area contributed by atoms with Crippen LogP contribution in [0.5, 0.6) is 6.01 Å². The molecule has 19 heavy (non-hydrogen) atoms. The average Bonchev–Trinajstić information content (AvgIpc) is 2.74. The molecule has 2 rings (SSSR count). The lowest BCUT2D eigenvalue weighted by atomic mass is 10.5. The number of aryl methyl sites for hydroxylation is 1. The Labute approximate surface area is 114 Å². The number of hydrogen-bond acceptors (Lipinski definition) is 9. The molecule has 0 spiro atoms. The number of nitrogens with two attached hydrogens (primary N) is 1. The SMILES string of the molecule is CC(C)Oc1nc(NN)nc(Sc2nncn2C)n1. The van der Waals surface area contributed by atoms with E-state index in [4.69, 9.17) is 10.6 Å². The lowest BCUT2D eigenvalue weighted by Gasteiger charge is -2.09. The van der Waals surface area contributed by atoms with Crippen LogP contribution in [0.1, 0.15) is 13.8 Å². The molecule has 0 aliphatic rings. The minimum Gasteiger partial charge on any atom is -0.461 e. The minimum absolute atomic E-state index is 0.0410. The summed E-state index contributed by atoms with van der Waals surface area (Å²) in [7, 11) is 1.83. The monoisotopic (exact) mass is 282 g/mol. The van der Waals surface area contributed by atoms with E-state index in [1.807, 2.05) is 20.9 Å². The van der Waals surface area contributed by atoms with Crippen molar-refractivity contribution in [2.75, 3.05) is 5.43 Å². The van der Waals surface area contributed by atoms with Crippen LogP contribution in [0.15, 0.2) is 16.6 Å². The van der Waals surface area contributed by atoms with Gasteiger partial charge in [-0.05, 0) is 25.6 Å². The van der Waals surface area contributed by atoms with Gasteiger partial charge >= 0.3 is 6.01 Å². The fourth-order valence-corrected chi connectivity index (χ4v) is 1.86. The van der Waals surface area contributed by atoms with Gasteiger partial charge in [-0.3, -0.25) is 5.43 Å². The molecule has 0 bridgehead atoms. The number of hydrazine groups is 1. The van der Waals surface area contributed by atoms with E-state index in [2.05, 4.69) is 30.6 Å². The lowest BCUT2D eigenvalue weighted by molar-refractivity contribution is 0.219. The minimum atomic E-state index is -0.0410. The molecule has 2 aromatic rings. The number of anilines is 1. The first kappa shape index (κ1) is 13.5. The van der Waals surface area contributed by atoms with Crippen molar-refractivity contribution < 1.29 is 4.74 Å². The highest BCUT2D eigenvalue weighted by atomic mass is 32.2. The maximum absolute atomic E-state index is 5.43. The first-order valence-electron chi connectivity index (χ1n) is 5.49. The molecule has 102 valence electrons. The van der Waals surface area contributed by atoms with Crippen LogP contribution in [-0.2, 0) is 7.05 Å². The van der Waals surface area contributed by atoms with E-state index >= 15 is 0 Å². The Morgan fingerprint density at radius 1 is 1.37 bits per heavy atom. The standard InChI is InChI=1S/C9H14N8OS/c1-5(2)18-7-12-6(15-10)13-8(14-7)19-9-16-11-4-17(9)3/h4-5H,10H2,1-3H3,(H,12,13,14,15). The molecule has 0 amide bonds. The van der Waals surface area contributed by atoms with E-state index in [1.54, 1.807) is 10.9 Å². The molecule has 0 radical (unpaired) electrons. The molecule has 0 aromatic carbocycles. The third-order valence-electron chi connectivity index (χ3n) is 1.92. The fraction of sp³-hybridized carbons (Fsp3) is 0.444. The summed E-state index contributed by atoms with van der Waals surface area (Å²) in [6.45, 7) is 3.77. The van der Waals surface area contributed by atoms with E-state index in [0.717, 1.165) is 0 Å². The van der Waals surface area contributed by atoms with Crippen molar-refractivity contribution in [3.63, 3.8) is 0 Å². The van der Waals surface area contributed by atoms with Crippen molar-refractivity contribution in [1.29, 1.82) is 0 Å². The summed E-state index contributed by atoms with van der Waals surface area (Å²) in [5.74, 6) is 5.55. The Morgan fingerprint density at radius 2 is 2.16 bits per heavy atom. The van der Waals surface area contributed by atoms with Crippen molar-refractivity contribution in [3.05, 3.63) is 6.33 Å². The smallest absolute Gasteiger partial charge is 0.322 e. The van der Waals surface area contributed by atoms with Gasteiger partial charge in [0.25, 0.3) is 0 Å². The number of hydrogen-bond donors (Lipinski definition) is 2. The normalized spacial score (nSPS) is 10.8. The molecule has 0 saturated carbocycles. The molecule has 10 heteroatoms. The van der Waals surface area contributed by atoms with Crippen LogP contribution in [0.4, 0.5) is 5.95 Å². The van der Waals surface area contributed by atoms with Crippen molar-refractivity contribution in [1.82, 2.24) is 29.7 Å². The van der Waals surface area contributed by atoms with Gasteiger partial charge in [0.05, 0.1) is 6.10 Å². The van der Waals surface area contributed by atoms with Crippen LogP contribution in [0.25, 0.3) is 0 Å². The molecular formula is C9H14N8OS. The van der Waals surface area contributed by atoms with Gasteiger partial charge in [-0.2, -0.15) is 15.0 Å². The number of aromatic nitrogens is 6. The van der Waals surface area contributed by atoms with Crippen LogP contribution in [0.3, 0.4) is 0 Å². The molecule has 0 unspecified atom stereocenters. The van der Waals surface area contributed by atoms with Crippen molar-refractivity contribution in [2.45, 2.75) is 30.3 Å². The maximum atomic E-state index is 5.43. The Hall–Kier alpha value is -1.94. The highest BCUT2D eigenvalue weighted by Crippen LogP contribution is 2.23. The van der Waals surface area contributed by atoms with Crippen LogP contribution in [0.2, 0.25) is 0 Å². The lowest BCUT2D eigenvalue weighted by Crippen LogP contribution is -2.15. The summed E-state index contributed by atoms with van der Waals surface area (Å²) in [5.41, 5.74) is 2.38. The van der Waals surface area contributed by atoms with E-state index in [9.17, 15) is 0 Å². The van der Waals surface area contributed by atoms with Gasteiger partial charge < -0.3 is 9.30 Å². The molecular weight excluding hydrogens is 268 g/mol. The number of nitrogens with one attached hydrogen (secondary N) is 1. The molecule has 2 heterocycles. The Morgan fingerprint density at radius 3 is 2.74 bits per heavy atom. The van der Waals surface area contributed by atoms with Gasteiger partial charge in [-0.1, -0.05) is 0 Å². The molecule has 3 N–H and O–H groups in total. The van der Waals surface area contributed by atoms with Crippen molar-refractivity contribution in [2.24, 2.45) is 12.9 Å². The molecule has 0 fully saturated rings. The fourth-order valence-electron chi connectivity index (χ4n) is 1.16. The van der Waals surface area contributed by atoms with Gasteiger partial charge in [-0.25, -0.2) is 5.84 Å². The number of ether oxygens (including phenoxy) is 1. The zero-order chi connectivity index (χ0) is 13.8. The van der Waals surface area contributed by atoms with Gasteiger partial charge in [0.2, 0.25) is 11.1 Å². The Bertz CT molecular complexity index is 557. The van der Waals surface area contributed by atoms with Crippen LogP contribution in [-0.4, -0.2) is 35.8 Å². The summed E-state index contributed by atoms with van der Waals surface area (Å²) in [5, 5.41) is 8.80. The summed E-state index contributed by atoms with van der Waals surface area (Å²) >= 11 is 1.24. The predicted molar refractivity (Wildman–Crippen MR) is 68.5 cm³/mol. The summed E-state index contributed by atoms with van der Waals surface area (Å²) in [4.78, 5) is 12.3. The van der Waals surface area contributed by atoms with Crippen molar-refractivity contribution >= 4 is 17.7 Å². The van der Waals surface area contributed by atoms with Crippen LogP contribution < -0.4 is 16.0 Å². The van der Waals surface area contributed by atoms with E-state index in [0.29, 0.717) is 10.3 Å². The average molecular weight is 282 g/mol. The van der Waals surface area contributed by atoms with Gasteiger partial charge in [-0.15, -0.1) is 10.2 Å². The van der Waals surface area contributed by atoms with Crippen LogP contribution in [0, 0.1) is 0 Å². The summed E-state index contributed by atoms with van der Waals surface area (Å²) in [6.07, 6.45) is 1.55. The quantitative estimate of drug-likeness (QED) is 0.586. The molecule has 0 saturated heterocycles. The van der Waals surface area contributed by atoms with E-state index < -0.39 is 0 Å². The first-order valence-corrected chi connectivity index (χ1v) is 6.31. The van der Waals surface area contributed by atoms with Crippen LogP contribution >= 0.6 is 11.8 Å². The van der Waals surface area contributed by atoms with E-state index in [-0.39, 0.29) is 18.1 Å². The molecule has 2 aromatic heterocycles. The van der Waals surface area contributed by atoms with Crippen molar-refractivity contribution in [3.8, 4) is 6.01 Å².